The van der Waals surface area contributed by atoms with Crippen molar-refractivity contribution >= 4 is 0 Å². The van der Waals surface area contributed by atoms with Crippen molar-refractivity contribution in [3.63, 3.8) is 0 Å². The zero-order valence-corrected chi connectivity index (χ0v) is 13.5. The molecule has 0 bridgehead atoms. The highest BCUT2D eigenvalue weighted by molar-refractivity contribution is 4.63. The average molecular weight is 299 g/mol. The maximum absolute atomic E-state index is 5.36. The van der Waals surface area contributed by atoms with Crippen LogP contribution in [0.2, 0.25) is 0 Å². The van der Waals surface area contributed by atoms with Crippen LogP contribution in [0.15, 0.2) is 0 Å². The quantitative estimate of drug-likeness (QED) is 0.604. The minimum absolute atomic E-state index is 0.918. The summed E-state index contributed by atoms with van der Waals surface area (Å²) in [6.07, 6.45) is 5.20. The Bertz CT molecular complexity index is 218. The summed E-state index contributed by atoms with van der Waals surface area (Å²) in [4.78, 5) is 5.04. The molecular weight excluding hydrogens is 266 g/mol. The molecule has 0 radical (unpaired) electrons. The molecule has 124 valence electrons. The topological polar surface area (TPSA) is 37.0 Å². The molecule has 5 nitrogen and oxygen atoms in total. The van der Waals surface area contributed by atoms with E-state index in [0.29, 0.717) is 0 Å². The predicted octanol–water partition coefficient (Wildman–Crippen LogP) is 0.801. The van der Waals surface area contributed by atoms with E-state index in [9.17, 15) is 0 Å². The van der Waals surface area contributed by atoms with Crippen LogP contribution in [0.1, 0.15) is 25.7 Å². The van der Waals surface area contributed by atoms with E-state index in [-0.39, 0.29) is 0 Å². The Kier molecular flexibility index (Phi) is 9.30. The Morgan fingerprint density at radius 1 is 0.619 bits per heavy atom. The lowest BCUT2D eigenvalue weighted by Crippen LogP contribution is -2.37. The van der Waals surface area contributed by atoms with Gasteiger partial charge in [0.15, 0.2) is 0 Å². The average Bonchev–Trinajstić information content (AvgIpc) is 2.55. The number of unbranched alkanes of at least 4 members (excludes halogenated alkanes) is 2. The van der Waals surface area contributed by atoms with Crippen LogP contribution >= 0.6 is 0 Å². The third-order valence-corrected chi connectivity index (χ3v) is 4.36. The van der Waals surface area contributed by atoms with Gasteiger partial charge >= 0.3 is 0 Å². The molecule has 2 aliphatic heterocycles. The second-order valence-electron chi connectivity index (χ2n) is 6.07. The fourth-order valence-corrected chi connectivity index (χ4v) is 2.95. The number of hydrogen-bond acceptors (Lipinski definition) is 5. The number of nitrogens with one attached hydrogen (secondary N) is 1. The zero-order valence-electron chi connectivity index (χ0n) is 13.5. The fraction of sp³-hybridized carbons (Fsp3) is 1.00. The van der Waals surface area contributed by atoms with Gasteiger partial charge in [0, 0.05) is 26.2 Å². The van der Waals surface area contributed by atoms with E-state index in [4.69, 9.17) is 9.47 Å². The second-order valence-corrected chi connectivity index (χ2v) is 6.07. The van der Waals surface area contributed by atoms with E-state index in [1.165, 1.54) is 51.9 Å². The largest absolute Gasteiger partial charge is 0.379 e. The van der Waals surface area contributed by atoms with E-state index in [0.717, 1.165) is 52.6 Å². The Balaban J connectivity index is 1.30. The van der Waals surface area contributed by atoms with Crippen LogP contribution in [-0.4, -0.2) is 88.6 Å². The lowest BCUT2D eigenvalue weighted by molar-refractivity contribution is 0.0370. The SMILES string of the molecule is C(CCN1CCOCC1)CNCCCCN1CCOCC1. The minimum Gasteiger partial charge on any atom is -0.379 e. The molecule has 0 amide bonds. The first-order valence-electron chi connectivity index (χ1n) is 8.76. The van der Waals surface area contributed by atoms with Gasteiger partial charge in [-0.2, -0.15) is 0 Å². The maximum atomic E-state index is 5.36. The molecule has 5 heteroatoms. The number of hydrogen-bond donors (Lipinski definition) is 1. The summed E-state index contributed by atoms with van der Waals surface area (Å²) in [5.74, 6) is 0. The van der Waals surface area contributed by atoms with Crippen molar-refractivity contribution in [2.45, 2.75) is 25.7 Å². The second kappa shape index (κ2) is 11.4. The van der Waals surface area contributed by atoms with Gasteiger partial charge in [-0.15, -0.1) is 0 Å². The molecule has 0 aromatic heterocycles. The Hall–Kier alpha value is -0.200. The summed E-state index contributed by atoms with van der Waals surface area (Å²) in [7, 11) is 0. The van der Waals surface area contributed by atoms with Crippen LogP contribution in [0.3, 0.4) is 0 Å². The van der Waals surface area contributed by atoms with Crippen LogP contribution in [0.5, 0.6) is 0 Å². The summed E-state index contributed by atoms with van der Waals surface area (Å²) in [5.41, 5.74) is 0. The molecule has 0 aromatic rings. The number of ether oxygens (including phenoxy) is 2. The molecule has 1 N–H and O–H groups in total. The monoisotopic (exact) mass is 299 g/mol. The van der Waals surface area contributed by atoms with E-state index in [1.807, 2.05) is 0 Å². The number of morpholine rings is 2. The highest BCUT2D eigenvalue weighted by Crippen LogP contribution is 2.01. The summed E-state index contributed by atoms with van der Waals surface area (Å²) in [6.45, 7) is 13.0. The van der Waals surface area contributed by atoms with Crippen molar-refractivity contribution in [3.05, 3.63) is 0 Å². The first-order valence-corrected chi connectivity index (χ1v) is 8.76. The molecule has 2 aliphatic rings. The van der Waals surface area contributed by atoms with Gasteiger partial charge in [0.1, 0.15) is 0 Å². The van der Waals surface area contributed by atoms with Gasteiger partial charge in [0.2, 0.25) is 0 Å². The van der Waals surface area contributed by atoms with E-state index in [1.54, 1.807) is 0 Å². The van der Waals surface area contributed by atoms with E-state index >= 15 is 0 Å². The van der Waals surface area contributed by atoms with E-state index in [2.05, 4.69) is 15.1 Å². The van der Waals surface area contributed by atoms with Crippen LogP contribution in [0.4, 0.5) is 0 Å². The lowest BCUT2D eigenvalue weighted by atomic mass is 10.2. The zero-order chi connectivity index (χ0) is 14.6. The summed E-state index contributed by atoms with van der Waals surface area (Å²) < 4.78 is 10.7. The predicted molar refractivity (Wildman–Crippen MR) is 85.9 cm³/mol. The maximum Gasteiger partial charge on any atom is 0.0594 e. The first kappa shape index (κ1) is 17.2. The van der Waals surface area contributed by atoms with Crippen LogP contribution in [0.25, 0.3) is 0 Å². The molecule has 0 spiro atoms. The molecule has 21 heavy (non-hydrogen) atoms. The summed E-state index contributed by atoms with van der Waals surface area (Å²) >= 11 is 0. The molecule has 0 aromatic carbocycles. The molecule has 0 unspecified atom stereocenters. The van der Waals surface area contributed by atoms with Gasteiger partial charge in [-0.1, -0.05) is 0 Å². The third kappa shape index (κ3) is 8.12. The molecule has 0 aliphatic carbocycles. The Labute approximate surface area is 129 Å². The van der Waals surface area contributed by atoms with Crippen molar-refractivity contribution in [1.29, 1.82) is 0 Å². The Morgan fingerprint density at radius 3 is 1.48 bits per heavy atom. The molecule has 2 rings (SSSR count). The van der Waals surface area contributed by atoms with Gasteiger partial charge in [-0.3, -0.25) is 9.80 Å². The smallest absolute Gasteiger partial charge is 0.0594 e. The number of nitrogens with zero attached hydrogens (tertiary/aromatic N) is 2. The summed E-state index contributed by atoms with van der Waals surface area (Å²) in [5, 5.41) is 3.57. The molecule has 2 heterocycles. The molecule has 0 saturated carbocycles. The molecule has 2 fully saturated rings. The highest BCUT2D eigenvalue weighted by atomic mass is 16.5. The third-order valence-electron chi connectivity index (χ3n) is 4.36. The van der Waals surface area contributed by atoms with Gasteiger partial charge < -0.3 is 14.8 Å². The van der Waals surface area contributed by atoms with Crippen LogP contribution < -0.4 is 5.32 Å². The lowest BCUT2D eigenvalue weighted by Gasteiger charge is -2.26. The van der Waals surface area contributed by atoms with Gasteiger partial charge in [-0.05, 0) is 51.9 Å². The fourth-order valence-electron chi connectivity index (χ4n) is 2.95. The summed E-state index contributed by atoms with van der Waals surface area (Å²) in [6, 6.07) is 0. The van der Waals surface area contributed by atoms with Gasteiger partial charge in [0.05, 0.1) is 26.4 Å². The van der Waals surface area contributed by atoms with Crippen LogP contribution in [-0.2, 0) is 9.47 Å². The van der Waals surface area contributed by atoms with Crippen molar-refractivity contribution < 1.29 is 9.47 Å². The highest BCUT2D eigenvalue weighted by Gasteiger charge is 2.09. The van der Waals surface area contributed by atoms with Gasteiger partial charge in [-0.25, -0.2) is 0 Å². The van der Waals surface area contributed by atoms with E-state index < -0.39 is 0 Å². The number of rotatable bonds is 10. The Morgan fingerprint density at radius 2 is 1.05 bits per heavy atom. The van der Waals surface area contributed by atoms with Crippen molar-refractivity contribution in [2.24, 2.45) is 0 Å². The molecule has 2 saturated heterocycles. The van der Waals surface area contributed by atoms with Crippen molar-refractivity contribution in [1.82, 2.24) is 15.1 Å². The normalized spacial score (nSPS) is 21.7. The minimum atomic E-state index is 0.918. The van der Waals surface area contributed by atoms with Crippen molar-refractivity contribution in [3.8, 4) is 0 Å². The van der Waals surface area contributed by atoms with Gasteiger partial charge in [0.25, 0.3) is 0 Å². The van der Waals surface area contributed by atoms with Crippen molar-refractivity contribution in [2.75, 3.05) is 78.8 Å². The first-order chi connectivity index (χ1) is 10.4. The molecular formula is C16H33N3O2. The molecule has 0 atom stereocenters. The van der Waals surface area contributed by atoms with Crippen LogP contribution in [0, 0.1) is 0 Å². The standard InChI is InChI=1S/C16H33N3O2/c1(3-7-18-9-13-20-14-10-18)5-17-6-2-4-8-19-11-15-21-16-12-19/h17H,1-16H2.